The van der Waals surface area contributed by atoms with Crippen molar-refractivity contribution in [2.24, 2.45) is 0 Å². The lowest BCUT2D eigenvalue weighted by molar-refractivity contribution is -0.193. The fourth-order valence-electron chi connectivity index (χ4n) is 3.28. The zero-order chi connectivity index (χ0) is 23.3. The number of para-hydroxylation sites is 1. The second kappa shape index (κ2) is 8.58. The van der Waals surface area contributed by atoms with E-state index in [9.17, 15) is 23.8 Å². The van der Waals surface area contributed by atoms with Gasteiger partial charge in [0.1, 0.15) is 23.8 Å². The number of nitrogens with two attached hydrogens (primary N) is 1. The van der Waals surface area contributed by atoms with Gasteiger partial charge in [0.15, 0.2) is 11.8 Å². The van der Waals surface area contributed by atoms with Crippen LogP contribution in [-0.4, -0.2) is 50.6 Å². The molecule has 0 amide bonds. The molecule has 10 nitrogen and oxygen atoms in total. The maximum atomic E-state index is 14.1. The molecule has 3 heterocycles. The van der Waals surface area contributed by atoms with E-state index in [2.05, 4.69) is 4.98 Å². The highest BCUT2D eigenvalue weighted by Gasteiger charge is 2.61. The molecule has 0 saturated carbocycles. The van der Waals surface area contributed by atoms with Crippen molar-refractivity contribution >= 4 is 35.9 Å². The number of halogens is 3. The number of nitrogen functional groups attached to an aromatic ring is 1. The van der Waals surface area contributed by atoms with Crippen molar-refractivity contribution < 1.29 is 37.3 Å². The van der Waals surface area contributed by atoms with Crippen LogP contribution in [0.4, 0.5) is 14.6 Å². The van der Waals surface area contributed by atoms with E-state index in [4.69, 9.17) is 47.4 Å². The molecule has 4 rings (SSSR count). The van der Waals surface area contributed by atoms with E-state index in [1.165, 1.54) is 0 Å². The summed E-state index contributed by atoms with van der Waals surface area (Å²) in [5.74, 6) is 0.0854. The fraction of sp³-hybridized carbons (Fsp3) is 0.412. The van der Waals surface area contributed by atoms with Crippen molar-refractivity contribution in [3.63, 3.8) is 0 Å². The molecule has 2 aromatic rings. The molecule has 32 heavy (non-hydrogen) atoms. The summed E-state index contributed by atoms with van der Waals surface area (Å²) in [4.78, 5) is 15.6. The summed E-state index contributed by atoms with van der Waals surface area (Å²) in [5.41, 5.74) is 2.35. The highest BCUT2D eigenvalue weighted by atomic mass is 35.5. The summed E-state index contributed by atoms with van der Waals surface area (Å²) in [6.07, 6.45) is -8.28. The van der Waals surface area contributed by atoms with Gasteiger partial charge in [0, 0.05) is 23.6 Å². The van der Waals surface area contributed by atoms with E-state index in [-0.39, 0.29) is 17.4 Å². The van der Waals surface area contributed by atoms with Gasteiger partial charge in [-0.2, -0.15) is 4.98 Å². The van der Waals surface area contributed by atoms with Crippen LogP contribution in [0.2, 0.25) is 5.02 Å². The molecule has 174 valence electrons. The van der Waals surface area contributed by atoms with Crippen LogP contribution in [0.1, 0.15) is 11.8 Å². The highest BCUT2D eigenvalue weighted by Crippen LogP contribution is 2.56. The molecule has 2 aliphatic rings. The Morgan fingerprint density at radius 3 is 2.88 bits per heavy atom. The fourth-order valence-corrected chi connectivity index (χ4v) is 5.25. The number of ether oxygens (including phenoxy) is 1. The summed E-state index contributed by atoms with van der Waals surface area (Å²) in [5, 5.41) is 20.7. The van der Waals surface area contributed by atoms with Crippen molar-refractivity contribution in [3.05, 3.63) is 51.5 Å². The van der Waals surface area contributed by atoms with E-state index in [0.717, 1.165) is 6.20 Å². The molecule has 0 spiro atoms. The van der Waals surface area contributed by atoms with Gasteiger partial charge < -0.3 is 25.2 Å². The Labute approximate surface area is 189 Å². The summed E-state index contributed by atoms with van der Waals surface area (Å²) in [7, 11) is 0. The molecule has 5 atom stereocenters. The normalized spacial score (nSPS) is 32.0. The van der Waals surface area contributed by atoms with Crippen LogP contribution in [0.15, 0.2) is 35.3 Å². The van der Waals surface area contributed by atoms with E-state index in [1.807, 2.05) is 0 Å². The quantitative estimate of drug-likeness (QED) is 0.507. The second-order valence-corrected chi connectivity index (χ2v) is 10.4. The smallest absolute Gasteiger partial charge is 0.381 e. The van der Waals surface area contributed by atoms with Gasteiger partial charge >= 0.3 is 12.4 Å². The van der Waals surface area contributed by atoms with Crippen LogP contribution in [0, 0.1) is 0 Å². The van der Waals surface area contributed by atoms with Crippen molar-refractivity contribution in [2.45, 2.75) is 37.1 Å². The maximum Gasteiger partial charge on any atom is 0.381 e. The Balaban J connectivity index is 1.59. The average Bonchev–Trinajstić information content (AvgIpc) is 3.01. The Morgan fingerprint density at radius 1 is 1.44 bits per heavy atom. The molecule has 1 aromatic carbocycles. The molecule has 0 aliphatic carbocycles. The number of hydrogen-bond donors (Lipinski definition) is 3. The number of aromatic nitrogens is 2. The van der Waals surface area contributed by atoms with E-state index < -0.39 is 49.5 Å². The van der Waals surface area contributed by atoms with Gasteiger partial charge in [0.2, 0.25) is 0 Å². The van der Waals surface area contributed by atoms with Crippen molar-refractivity contribution in [2.75, 3.05) is 12.3 Å². The monoisotopic (exact) mass is 511 g/mol. The van der Waals surface area contributed by atoms with Crippen molar-refractivity contribution in [3.8, 4) is 5.75 Å². The topological polar surface area (TPSA) is 138 Å². The molecular weight excluding hydrogens is 495 g/mol. The number of anilines is 1. The molecule has 5 unspecified atom stereocenters. The molecular formula is C17H17ClF2N3O7PS. The lowest BCUT2D eigenvalue weighted by Gasteiger charge is -2.34. The van der Waals surface area contributed by atoms with Gasteiger partial charge in [-0.1, -0.05) is 29.8 Å². The first-order valence-electron chi connectivity index (χ1n) is 9.09. The van der Waals surface area contributed by atoms with Crippen molar-refractivity contribution in [1.29, 1.82) is 0 Å². The molecule has 0 bridgehead atoms. The molecule has 4 N–H and O–H groups in total. The van der Waals surface area contributed by atoms with Gasteiger partial charge in [0.05, 0.1) is 18.2 Å². The van der Waals surface area contributed by atoms with E-state index in [1.54, 1.807) is 24.3 Å². The lowest BCUT2D eigenvalue weighted by Crippen LogP contribution is -2.52. The van der Waals surface area contributed by atoms with Gasteiger partial charge in [0.25, 0.3) is 6.43 Å². The minimum Gasteiger partial charge on any atom is -0.424 e. The van der Waals surface area contributed by atoms with Crippen molar-refractivity contribution in [1.82, 2.24) is 9.55 Å². The summed E-state index contributed by atoms with van der Waals surface area (Å²) in [6, 6.07) is 6.82. The number of hydrogen-bond acceptors (Lipinski definition) is 10. The number of fused-ring (bicyclic) bond motifs is 1. The highest BCUT2D eigenvalue weighted by molar-refractivity contribution is 8.07. The molecule has 1 fully saturated rings. The predicted octanol–water partition coefficient (Wildman–Crippen LogP) is 1.58. The first kappa shape index (κ1) is 23.5. The summed E-state index contributed by atoms with van der Waals surface area (Å²) >= 11 is 11.1. The third-order valence-electron chi connectivity index (χ3n) is 5.04. The molecule has 2 aliphatic heterocycles. The molecule has 1 aromatic heterocycles. The summed E-state index contributed by atoms with van der Waals surface area (Å²) < 4.78 is 50.7. The number of aliphatic hydroxyl groups is 2. The van der Waals surface area contributed by atoms with Gasteiger partial charge in [-0.15, -0.1) is 0 Å². The van der Waals surface area contributed by atoms with Crippen LogP contribution in [-0.2, 0) is 32.2 Å². The Bertz CT molecular complexity index is 1140. The van der Waals surface area contributed by atoms with Crippen LogP contribution in [0.3, 0.4) is 0 Å². The Morgan fingerprint density at radius 2 is 2.16 bits per heavy atom. The van der Waals surface area contributed by atoms with Crippen LogP contribution in [0.5, 0.6) is 5.75 Å². The molecule has 0 radical (unpaired) electrons. The number of rotatable bonds is 5. The average molecular weight is 512 g/mol. The maximum absolute atomic E-state index is 14.1. The first-order chi connectivity index (χ1) is 15.1. The minimum atomic E-state index is -3.53. The molecule has 1 saturated heterocycles. The summed E-state index contributed by atoms with van der Waals surface area (Å²) in [6.45, 7) is -4.49. The second-order valence-electron chi connectivity index (χ2n) is 7.06. The zero-order valence-electron chi connectivity index (χ0n) is 16.0. The number of benzene rings is 1. The number of aliphatic hydroxyl groups excluding tert-OH is 2. The minimum absolute atomic E-state index is 0.0365. The predicted molar refractivity (Wildman–Crippen MR) is 111 cm³/mol. The van der Waals surface area contributed by atoms with Crippen LogP contribution in [0.25, 0.3) is 0 Å². The van der Waals surface area contributed by atoms with Gasteiger partial charge in [-0.05, 0) is 6.07 Å². The number of alkyl halides is 2. The third kappa shape index (κ3) is 4.03. The van der Waals surface area contributed by atoms with Crippen LogP contribution < -0.4 is 15.9 Å². The largest absolute Gasteiger partial charge is 0.424 e. The third-order valence-corrected chi connectivity index (χ3v) is 7.50. The zero-order valence-corrected chi connectivity index (χ0v) is 18.5. The van der Waals surface area contributed by atoms with E-state index in [0.29, 0.717) is 15.9 Å². The van der Waals surface area contributed by atoms with E-state index >= 15 is 0 Å². The van der Waals surface area contributed by atoms with Crippen LogP contribution >= 0.6 is 18.3 Å². The number of nitrogens with zero attached hydrogens (tertiary/aromatic N) is 2. The first-order valence-corrected chi connectivity index (χ1v) is 12.0. The standard InChI is InChI=1S/C17H17ClF2N3O7PS/c18-9-5-23(16(26)22-13(9)21)14-11(24)12(25)17(29-14,15(19)20)7-28-31(32)27-6-8-3-1-2-4-10(8)30-31/h1-5,11-12,14-15,24-25H,6-7H2,(H2,21,22,26). The molecule has 15 heteroatoms. The lowest BCUT2D eigenvalue weighted by atomic mass is 9.96. The Kier molecular flexibility index (Phi) is 6.29. The Hall–Kier alpha value is -1.70. The van der Waals surface area contributed by atoms with Gasteiger partial charge in [-0.25, -0.2) is 13.6 Å². The van der Waals surface area contributed by atoms with Gasteiger partial charge in [-0.3, -0.25) is 13.6 Å². The SMILES string of the molecule is Nc1nc(=O)n(C2OC(COP3(=S)OCc4ccccc4O3)(C(F)F)C(O)C2O)cc1Cl.